The molecule has 0 radical (unpaired) electrons. The molecule has 3 saturated carbocycles. The number of halogens is 1. The van der Waals surface area contributed by atoms with Crippen molar-refractivity contribution in [3.8, 4) is 0 Å². The number of guanidine groups is 1. The van der Waals surface area contributed by atoms with Crippen molar-refractivity contribution in [2.24, 2.45) is 27.7 Å². The average Bonchev–Trinajstić information content (AvgIpc) is 3.88. The molecule has 2 heterocycles. The fraction of sp³-hybridized carbons (Fsp3) is 0.667. The normalized spacial score (nSPS) is 22.8. The summed E-state index contributed by atoms with van der Waals surface area (Å²) in [6.45, 7) is 6.09. The SMILES string of the molecule is CC/C(=C(\NC(=NC)NCC1CC1)NC1CCC(CO)C1)c1cc2c(o1)C(C)=NC(OCC1CC1)=CC2.CO.Cl. The van der Waals surface area contributed by atoms with E-state index in [2.05, 4.69) is 40.0 Å². The second-order valence-electron chi connectivity index (χ2n) is 11.1. The van der Waals surface area contributed by atoms with E-state index in [1.54, 1.807) is 0 Å². The Bertz CT molecular complexity index is 1090. The summed E-state index contributed by atoms with van der Waals surface area (Å²) >= 11 is 0. The van der Waals surface area contributed by atoms with Crippen LogP contribution in [-0.2, 0) is 11.2 Å². The van der Waals surface area contributed by atoms with Gasteiger partial charge in [0.05, 0.1) is 12.3 Å². The van der Waals surface area contributed by atoms with Crippen LogP contribution in [0.5, 0.6) is 0 Å². The lowest BCUT2D eigenvalue weighted by Crippen LogP contribution is -2.44. The zero-order valence-electron chi connectivity index (χ0n) is 24.5. The molecule has 0 saturated heterocycles. The Morgan fingerprint density at radius 3 is 2.48 bits per heavy atom. The lowest BCUT2D eigenvalue weighted by atomic mass is 10.1. The van der Waals surface area contributed by atoms with Gasteiger partial charge in [-0.05, 0) is 94.6 Å². The molecule has 5 N–H and O–H groups in total. The third-order valence-electron chi connectivity index (χ3n) is 7.90. The van der Waals surface area contributed by atoms with Gasteiger partial charge in [0.2, 0.25) is 5.88 Å². The Hall–Kier alpha value is -2.49. The van der Waals surface area contributed by atoms with E-state index in [1.807, 2.05) is 14.0 Å². The van der Waals surface area contributed by atoms with Crippen LogP contribution in [-0.4, -0.2) is 61.8 Å². The Morgan fingerprint density at radius 2 is 1.85 bits per heavy atom. The molecule has 40 heavy (non-hydrogen) atoms. The molecule has 10 heteroatoms. The molecule has 224 valence electrons. The maximum atomic E-state index is 9.66. The van der Waals surface area contributed by atoms with Crippen molar-refractivity contribution in [1.82, 2.24) is 16.0 Å². The highest BCUT2D eigenvalue weighted by Gasteiger charge is 2.28. The summed E-state index contributed by atoms with van der Waals surface area (Å²) in [5, 5.41) is 27.5. The quantitative estimate of drug-likeness (QED) is 0.196. The topological polar surface area (TPSA) is 124 Å². The number of hydrogen-bond donors (Lipinski definition) is 5. The first kappa shape index (κ1) is 32.0. The van der Waals surface area contributed by atoms with Gasteiger partial charge in [-0.25, -0.2) is 4.99 Å². The highest BCUT2D eigenvalue weighted by Crippen LogP contribution is 2.33. The molecule has 4 aliphatic rings. The maximum Gasteiger partial charge on any atom is 0.209 e. The summed E-state index contributed by atoms with van der Waals surface area (Å²) < 4.78 is 12.4. The van der Waals surface area contributed by atoms with E-state index in [9.17, 15) is 5.11 Å². The van der Waals surface area contributed by atoms with Crippen molar-refractivity contribution in [2.75, 3.05) is 33.9 Å². The Kier molecular flexibility index (Phi) is 12.4. The number of aliphatic hydroxyl groups is 2. The van der Waals surface area contributed by atoms with Crippen LogP contribution in [0, 0.1) is 17.8 Å². The first-order valence-corrected chi connectivity index (χ1v) is 14.6. The fourth-order valence-corrected chi connectivity index (χ4v) is 5.18. The van der Waals surface area contributed by atoms with E-state index in [-0.39, 0.29) is 19.0 Å². The summed E-state index contributed by atoms with van der Waals surface area (Å²) in [5.74, 6) is 5.89. The second kappa shape index (κ2) is 15.5. The largest absolute Gasteiger partial charge is 0.478 e. The highest BCUT2D eigenvalue weighted by atomic mass is 35.5. The summed E-state index contributed by atoms with van der Waals surface area (Å²) in [6, 6.07) is 2.45. The number of fused-ring (bicyclic) bond motifs is 1. The third kappa shape index (κ3) is 8.75. The third-order valence-corrected chi connectivity index (χ3v) is 7.90. The van der Waals surface area contributed by atoms with E-state index in [1.165, 1.54) is 25.7 Å². The number of aliphatic imine (C=N–C) groups is 2. The average molecular weight is 578 g/mol. The molecule has 9 nitrogen and oxygen atoms in total. The zero-order valence-corrected chi connectivity index (χ0v) is 25.3. The molecule has 0 bridgehead atoms. The molecule has 3 aliphatic carbocycles. The number of nitrogens with zero attached hydrogens (tertiary/aromatic N) is 2. The number of aliphatic hydroxyl groups excluding tert-OH is 2. The van der Waals surface area contributed by atoms with Crippen LogP contribution < -0.4 is 16.0 Å². The van der Waals surface area contributed by atoms with Gasteiger partial charge in [0.15, 0.2) is 11.7 Å². The number of nitrogens with one attached hydrogen (secondary N) is 3. The van der Waals surface area contributed by atoms with E-state index >= 15 is 0 Å². The van der Waals surface area contributed by atoms with Crippen LogP contribution in [0.2, 0.25) is 0 Å². The Labute approximate surface area is 245 Å². The standard InChI is InChI=1S/C29H43N5O3.CH4O.ClH/c1-4-24(25-14-22-10-12-26(36-17-20-7-8-20)32-18(2)27(22)37-25)28(33-23-11-9-21(13-23)16-35)34-29(30-3)31-15-19-5-6-19;1-2;/h12,14,19-21,23,33,35H,4-11,13,15-17H2,1-3H3,(H2,30,31,34);2H,1H3;1H/b28-24+;;. The fourth-order valence-electron chi connectivity index (χ4n) is 5.18. The predicted octanol–water partition coefficient (Wildman–Crippen LogP) is 4.35. The van der Waals surface area contributed by atoms with Crippen LogP contribution in [0.3, 0.4) is 0 Å². The van der Waals surface area contributed by atoms with Crippen LogP contribution in [0.4, 0.5) is 0 Å². The van der Waals surface area contributed by atoms with Gasteiger partial charge in [0, 0.05) is 44.5 Å². The molecule has 1 aliphatic heterocycles. The van der Waals surface area contributed by atoms with Gasteiger partial charge in [0.25, 0.3) is 0 Å². The van der Waals surface area contributed by atoms with Gasteiger partial charge in [0.1, 0.15) is 11.6 Å². The number of rotatable bonds is 11. The van der Waals surface area contributed by atoms with Crippen LogP contribution >= 0.6 is 12.4 Å². The van der Waals surface area contributed by atoms with E-state index in [4.69, 9.17) is 19.3 Å². The molecule has 0 spiro atoms. The summed E-state index contributed by atoms with van der Waals surface area (Å²) in [4.78, 5) is 9.22. The van der Waals surface area contributed by atoms with Crippen molar-refractivity contribution in [1.29, 1.82) is 0 Å². The maximum absolute atomic E-state index is 9.66. The van der Waals surface area contributed by atoms with Gasteiger partial charge in [-0.1, -0.05) is 6.92 Å². The molecule has 2 atom stereocenters. The molecular formula is C30H48ClN5O4. The molecule has 1 aromatic rings. The lowest BCUT2D eigenvalue weighted by Gasteiger charge is -2.23. The molecule has 0 amide bonds. The van der Waals surface area contributed by atoms with Crippen LogP contribution in [0.25, 0.3) is 5.57 Å². The van der Waals surface area contributed by atoms with E-state index in [0.29, 0.717) is 23.8 Å². The number of hydrogen-bond acceptors (Lipinski definition) is 7. The van der Waals surface area contributed by atoms with Gasteiger partial charge in [-0.2, -0.15) is 0 Å². The first-order chi connectivity index (χ1) is 19.1. The molecule has 3 fully saturated rings. The minimum absolute atomic E-state index is 0. The predicted molar refractivity (Wildman–Crippen MR) is 163 cm³/mol. The Balaban J connectivity index is 0.00000144. The van der Waals surface area contributed by atoms with E-state index in [0.717, 1.165) is 98.4 Å². The van der Waals surface area contributed by atoms with Gasteiger partial charge in [-0.15, -0.1) is 12.4 Å². The molecule has 0 aromatic carbocycles. The van der Waals surface area contributed by atoms with Crippen molar-refractivity contribution >= 4 is 29.7 Å². The molecule has 5 rings (SSSR count). The Morgan fingerprint density at radius 1 is 1.12 bits per heavy atom. The number of allylic oxidation sites excluding steroid dienone is 2. The molecular weight excluding hydrogens is 530 g/mol. The van der Waals surface area contributed by atoms with Crippen LogP contribution in [0.1, 0.15) is 82.3 Å². The minimum atomic E-state index is 0. The number of ether oxygens (including phenoxy) is 1. The zero-order chi connectivity index (χ0) is 27.8. The van der Waals surface area contributed by atoms with Crippen molar-refractivity contribution in [3.63, 3.8) is 0 Å². The van der Waals surface area contributed by atoms with E-state index < -0.39 is 0 Å². The van der Waals surface area contributed by atoms with Crippen molar-refractivity contribution < 1.29 is 19.4 Å². The van der Waals surface area contributed by atoms with Gasteiger partial charge in [-0.3, -0.25) is 4.99 Å². The minimum Gasteiger partial charge on any atom is -0.478 e. The lowest BCUT2D eigenvalue weighted by molar-refractivity contribution is 0.196. The molecule has 1 aromatic heterocycles. The summed E-state index contributed by atoms with van der Waals surface area (Å²) in [7, 11) is 2.81. The number of furan rings is 1. The van der Waals surface area contributed by atoms with Crippen molar-refractivity contribution in [3.05, 3.63) is 40.9 Å². The summed E-state index contributed by atoms with van der Waals surface area (Å²) in [5.41, 5.74) is 3.06. The monoisotopic (exact) mass is 577 g/mol. The van der Waals surface area contributed by atoms with Crippen molar-refractivity contribution in [2.45, 2.75) is 77.7 Å². The van der Waals surface area contributed by atoms with Gasteiger partial charge >= 0.3 is 0 Å². The first-order valence-electron chi connectivity index (χ1n) is 14.6. The summed E-state index contributed by atoms with van der Waals surface area (Å²) in [6.07, 6.45) is 11.7. The second-order valence-corrected chi connectivity index (χ2v) is 11.1. The van der Waals surface area contributed by atoms with Gasteiger partial charge < -0.3 is 35.3 Å². The van der Waals surface area contributed by atoms with Crippen LogP contribution in [0.15, 0.2) is 38.2 Å². The smallest absolute Gasteiger partial charge is 0.209 e. The molecule has 2 unspecified atom stereocenters. The highest BCUT2D eigenvalue weighted by molar-refractivity contribution is 5.99.